The zero-order valence-corrected chi connectivity index (χ0v) is 28.6. The van der Waals surface area contributed by atoms with E-state index in [-0.39, 0.29) is 24.2 Å². The van der Waals surface area contributed by atoms with Crippen molar-refractivity contribution in [1.29, 1.82) is 0 Å². The molecule has 0 bridgehead atoms. The van der Waals surface area contributed by atoms with Gasteiger partial charge in [0.15, 0.2) is 0 Å². The fraction of sp³-hybridized carbons (Fsp3) is 0.579. The average Bonchev–Trinajstić information content (AvgIpc) is 3.48. The number of carbonyl (C=O) groups is 4. The third-order valence-corrected chi connectivity index (χ3v) is 10.0. The van der Waals surface area contributed by atoms with Crippen molar-refractivity contribution in [2.24, 2.45) is 11.8 Å². The van der Waals surface area contributed by atoms with Crippen LogP contribution in [0.3, 0.4) is 0 Å². The van der Waals surface area contributed by atoms with E-state index in [1.54, 1.807) is 4.90 Å². The number of carbonyl (C=O) groups excluding carboxylic acids is 4. The van der Waals surface area contributed by atoms with Gasteiger partial charge < -0.3 is 20.0 Å². The number of benzene rings is 2. The fourth-order valence-corrected chi connectivity index (χ4v) is 7.74. The molecular formula is C38H53N5O4. The third kappa shape index (κ3) is 8.80. The van der Waals surface area contributed by atoms with Crippen molar-refractivity contribution in [2.75, 3.05) is 39.3 Å². The summed E-state index contributed by atoms with van der Waals surface area (Å²) in [5, 5.41) is 2.79. The first kappa shape index (κ1) is 34.6. The average molecular weight is 644 g/mol. The largest absolute Gasteiger partial charge is 0.346 e. The summed E-state index contributed by atoms with van der Waals surface area (Å²) in [6, 6.07) is 20.1. The Morgan fingerprint density at radius 2 is 1.45 bits per heavy atom. The molecule has 0 saturated carbocycles. The van der Waals surface area contributed by atoms with Crippen LogP contribution in [-0.4, -0.2) is 107 Å². The summed E-state index contributed by atoms with van der Waals surface area (Å²) >= 11 is 0. The number of hydrogen-bond acceptors (Lipinski definition) is 5. The summed E-state index contributed by atoms with van der Waals surface area (Å²) in [7, 11) is 0. The van der Waals surface area contributed by atoms with Gasteiger partial charge in [0.25, 0.3) is 0 Å². The Morgan fingerprint density at radius 3 is 2.11 bits per heavy atom. The lowest BCUT2D eigenvalue weighted by Gasteiger charge is -2.46. The van der Waals surface area contributed by atoms with E-state index in [0.717, 1.165) is 49.8 Å². The van der Waals surface area contributed by atoms with Crippen molar-refractivity contribution in [1.82, 2.24) is 24.9 Å². The third-order valence-electron chi connectivity index (χ3n) is 10.0. The van der Waals surface area contributed by atoms with Crippen LogP contribution in [0.2, 0.25) is 0 Å². The van der Waals surface area contributed by atoms with Gasteiger partial charge in [-0.15, -0.1) is 0 Å². The minimum absolute atomic E-state index is 0.0313. The molecule has 3 aliphatic rings. The van der Waals surface area contributed by atoms with Crippen LogP contribution in [0.4, 0.5) is 0 Å². The van der Waals surface area contributed by atoms with E-state index in [2.05, 4.69) is 62.2 Å². The molecule has 9 nitrogen and oxygen atoms in total. The number of amides is 4. The molecule has 47 heavy (non-hydrogen) atoms. The van der Waals surface area contributed by atoms with Crippen LogP contribution in [-0.2, 0) is 32.0 Å². The predicted octanol–water partition coefficient (Wildman–Crippen LogP) is 3.76. The molecule has 3 aliphatic heterocycles. The van der Waals surface area contributed by atoms with E-state index in [4.69, 9.17) is 0 Å². The maximum atomic E-state index is 13.9. The molecular weight excluding hydrogens is 590 g/mol. The van der Waals surface area contributed by atoms with Crippen molar-refractivity contribution < 1.29 is 19.2 Å². The monoisotopic (exact) mass is 643 g/mol. The van der Waals surface area contributed by atoms with Gasteiger partial charge in [-0.2, -0.15) is 0 Å². The van der Waals surface area contributed by atoms with Gasteiger partial charge in [-0.25, -0.2) is 0 Å². The van der Waals surface area contributed by atoms with Crippen LogP contribution >= 0.6 is 0 Å². The summed E-state index contributed by atoms with van der Waals surface area (Å²) in [4.78, 5) is 61.3. The van der Waals surface area contributed by atoms with Crippen molar-refractivity contribution in [3.05, 3.63) is 71.8 Å². The van der Waals surface area contributed by atoms with E-state index in [0.29, 0.717) is 51.0 Å². The molecule has 2 aromatic rings. The van der Waals surface area contributed by atoms with Gasteiger partial charge in [0.1, 0.15) is 0 Å². The molecule has 0 spiro atoms. The van der Waals surface area contributed by atoms with Crippen LogP contribution in [0.25, 0.3) is 0 Å². The van der Waals surface area contributed by atoms with Crippen LogP contribution < -0.4 is 5.32 Å². The molecule has 0 aliphatic carbocycles. The Kier molecular flexibility index (Phi) is 11.7. The summed E-state index contributed by atoms with van der Waals surface area (Å²) in [5.41, 5.74) is 2.29. The smallest absolute Gasteiger partial charge is 0.312 e. The lowest BCUT2D eigenvalue weighted by atomic mass is 9.95. The number of piperazine rings is 2. The topological polar surface area (TPSA) is 93.3 Å². The first-order valence-corrected chi connectivity index (χ1v) is 17.6. The molecule has 9 heteroatoms. The molecule has 3 saturated heterocycles. The van der Waals surface area contributed by atoms with Crippen LogP contribution in [0.1, 0.15) is 64.5 Å². The highest BCUT2D eigenvalue weighted by atomic mass is 16.2. The number of nitrogens with zero attached hydrogens (tertiary/aromatic N) is 4. The van der Waals surface area contributed by atoms with Crippen molar-refractivity contribution in [3.8, 4) is 0 Å². The van der Waals surface area contributed by atoms with E-state index < -0.39 is 23.6 Å². The Balaban J connectivity index is 1.31. The standard InChI is InChI=1S/C38H53N5O4/c1-27(2)20-33(43-26-34(21-28(3)4)41(37(46)38(43)47)19-17-29-12-7-5-8-13-29)24-40-18-11-16-31(40)25-42-32(23-39-35(44)36(42)45)22-30-14-9-6-10-15-30/h5-10,12-15,27-28,31-34H,11,16-26H2,1-4H3,(H,39,44)/t31-,32-,33-,34-/m0/s1. The minimum atomic E-state index is -0.540. The second-order valence-electron chi connectivity index (χ2n) is 14.6. The van der Waals surface area contributed by atoms with Crippen LogP contribution in [0.5, 0.6) is 0 Å². The van der Waals surface area contributed by atoms with E-state index >= 15 is 0 Å². The van der Waals surface area contributed by atoms with E-state index in [9.17, 15) is 19.2 Å². The summed E-state index contributed by atoms with van der Waals surface area (Å²) in [5.74, 6) is -1.07. The highest BCUT2D eigenvalue weighted by Crippen LogP contribution is 2.27. The maximum absolute atomic E-state index is 13.9. The van der Waals surface area contributed by atoms with Gasteiger partial charge in [0, 0.05) is 44.8 Å². The molecule has 3 fully saturated rings. The second kappa shape index (κ2) is 15.9. The molecule has 2 aromatic carbocycles. The summed E-state index contributed by atoms with van der Waals surface area (Å²) in [6.45, 7) is 12.2. The molecule has 5 rings (SSSR count). The summed E-state index contributed by atoms with van der Waals surface area (Å²) in [6.07, 6.45) is 4.95. The van der Waals surface area contributed by atoms with E-state index in [1.165, 1.54) is 0 Å². The lowest BCUT2D eigenvalue weighted by molar-refractivity contribution is -0.162. The zero-order chi connectivity index (χ0) is 33.5. The highest BCUT2D eigenvalue weighted by Gasteiger charge is 2.43. The highest BCUT2D eigenvalue weighted by molar-refractivity contribution is 6.36. The fourth-order valence-electron chi connectivity index (χ4n) is 7.74. The van der Waals surface area contributed by atoms with Gasteiger partial charge in [0.05, 0.1) is 12.1 Å². The minimum Gasteiger partial charge on any atom is -0.346 e. The Labute approximate surface area is 280 Å². The van der Waals surface area contributed by atoms with Gasteiger partial charge >= 0.3 is 23.6 Å². The quantitative estimate of drug-likeness (QED) is 0.317. The first-order chi connectivity index (χ1) is 22.6. The van der Waals surface area contributed by atoms with E-state index in [1.807, 2.05) is 46.2 Å². The number of rotatable bonds is 14. The molecule has 0 aromatic heterocycles. The SMILES string of the molecule is CC(C)C[C@H]1CN([C@@H](CC(C)C)CN2CCC[C@H]2CN2C(=O)C(=O)NC[C@@H]2Cc2ccccc2)C(=O)C(=O)N1CCc1ccccc1. The Morgan fingerprint density at radius 1 is 0.766 bits per heavy atom. The zero-order valence-electron chi connectivity index (χ0n) is 28.6. The van der Waals surface area contributed by atoms with Gasteiger partial charge in [-0.3, -0.25) is 24.1 Å². The van der Waals surface area contributed by atoms with Crippen LogP contribution in [0.15, 0.2) is 60.7 Å². The molecule has 3 heterocycles. The van der Waals surface area contributed by atoms with Crippen LogP contribution in [0, 0.1) is 11.8 Å². The number of hydrogen-bond donors (Lipinski definition) is 1. The maximum Gasteiger partial charge on any atom is 0.312 e. The van der Waals surface area contributed by atoms with Crippen molar-refractivity contribution >= 4 is 23.6 Å². The Hall–Kier alpha value is -3.72. The van der Waals surface area contributed by atoms with Crippen molar-refractivity contribution in [2.45, 2.75) is 90.4 Å². The molecule has 1 N–H and O–H groups in total. The first-order valence-electron chi connectivity index (χ1n) is 17.6. The molecule has 0 unspecified atom stereocenters. The lowest BCUT2D eigenvalue weighted by Crippen LogP contribution is -2.64. The molecule has 4 atom stereocenters. The molecule has 254 valence electrons. The van der Waals surface area contributed by atoms with Crippen molar-refractivity contribution in [3.63, 3.8) is 0 Å². The molecule has 4 amide bonds. The number of nitrogens with one attached hydrogen (secondary N) is 1. The predicted molar refractivity (Wildman–Crippen MR) is 183 cm³/mol. The Bertz CT molecular complexity index is 1370. The number of likely N-dealkylation sites (tertiary alicyclic amines) is 1. The normalized spacial score (nSPS) is 23.3. The molecule has 0 radical (unpaired) electrons. The van der Waals surface area contributed by atoms with Gasteiger partial charge in [-0.1, -0.05) is 88.4 Å². The van der Waals surface area contributed by atoms with Gasteiger partial charge in [0.2, 0.25) is 0 Å². The second-order valence-corrected chi connectivity index (χ2v) is 14.6. The van der Waals surface area contributed by atoms with Gasteiger partial charge in [-0.05, 0) is 68.0 Å². The summed E-state index contributed by atoms with van der Waals surface area (Å²) < 4.78 is 0.